The van der Waals surface area contributed by atoms with Crippen LogP contribution in [0, 0.1) is 0 Å². The van der Waals surface area contributed by atoms with Crippen molar-refractivity contribution in [2.75, 3.05) is 27.4 Å². The first-order chi connectivity index (χ1) is 11.1. The van der Waals surface area contributed by atoms with Crippen molar-refractivity contribution in [3.63, 3.8) is 0 Å². The molecule has 1 atom stereocenters. The molecule has 0 spiro atoms. The molecular formula is C16H21N3O4. The second-order valence-corrected chi connectivity index (χ2v) is 5.16. The number of rotatable bonds is 7. The number of benzene rings is 1. The zero-order chi connectivity index (χ0) is 16.8. The van der Waals surface area contributed by atoms with Crippen LogP contribution in [0.25, 0.3) is 10.9 Å². The van der Waals surface area contributed by atoms with Crippen molar-refractivity contribution in [2.24, 2.45) is 0 Å². The van der Waals surface area contributed by atoms with E-state index in [1.807, 2.05) is 6.07 Å². The Morgan fingerprint density at radius 1 is 1.30 bits per heavy atom. The topological polar surface area (TPSA) is 82.4 Å². The largest absolute Gasteiger partial charge is 0.383 e. The summed E-state index contributed by atoms with van der Waals surface area (Å²) in [6.07, 6.45) is 0. The molecule has 7 heteroatoms. The van der Waals surface area contributed by atoms with Crippen molar-refractivity contribution in [3.05, 3.63) is 40.4 Å². The summed E-state index contributed by atoms with van der Waals surface area (Å²) in [5, 5.41) is 3.32. The normalized spacial score (nSPS) is 12.3. The van der Waals surface area contributed by atoms with Crippen LogP contribution in [0.1, 0.15) is 18.8 Å². The van der Waals surface area contributed by atoms with Gasteiger partial charge in [0.15, 0.2) is 0 Å². The minimum atomic E-state index is -0.424. The van der Waals surface area contributed by atoms with Crippen LogP contribution in [-0.4, -0.2) is 42.9 Å². The van der Waals surface area contributed by atoms with Gasteiger partial charge in [0.1, 0.15) is 12.4 Å². The smallest absolute Gasteiger partial charge is 0.261 e. The third kappa shape index (κ3) is 3.94. The Labute approximate surface area is 134 Å². The molecule has 0 bridgehead atoms. The number of ether oxygens (including phenoxy) is 2. The summed E-state index contributed by atoms with van der Waals surface area (Å²) >= 11 is 0. The van der Waals surface area contributed by atoms with Gasteiger partial charge in [0, 0.05) is 14.2 Å². The molecule has 124 valence electrons. The monoisotopic (exact) mass is 319 g/mol. The third-order valence-electron chi connectivity index (χ3n) is 3.45. The highest BCUT2D eigenvalue weighted by Gasteiger charge is 2.18. The van der Waals surface area contributed by atoms with Crippen molar-refractivity contribution in [3.8, 4) is 0 Å². The fourth-order valence-corrected chi connectivity index (χ4v) is 2.39. The van der Waals surface area contributed by atoms with Crippen molar-refractivity contribution in [2.45, 2.75) is 19.5 Å². The van der Waals surface area contributed by atoms with Gasteiger partial charge in [0.25, 0.3) is 5.56 Å². The van der Waals surface area contributed by atoms with E-state index in [1.54, 1.807) is 36.8 Å². The second-order valence-electron chi connectivity index (χ2n) is 5.16. The van der Waals surface area contributed by atoms with E-state index in [9.17, 15) is 9.59 Å². The molecule has 1 N–H and O–H groups in total. The van der Waals surface area contributed by atoms with Crippen LogP contribution in [0.2, 0.25) is 0 Å². The minimum Gasteiger partial charge on any atom is -0.383 e. The maximum absolute atomic E-state index is 12.7. The van der Waals surface area contributed by atoms with Crippen LogP contribution in [0.5, 0.6) is 0 Å². The lowest BCUT2D eigenvalue weighted by Gasteiger charge is -2.19. The number of para-hydroxylation sites is 1. The maximum Gasteiger partial charge on any atom is 0.261 e. The predicted molar refractivity (Wildman–Crippen MR) is 86.3 cm³/mol. The third-order valence-corrected chi connectivity index (χ3v) is 3.45. The molecule has 2 aromatic rings. The highest BCUT2D eigenvalue weighted by molar-refractivity contribution is 5.78. The van der Waals surface area contributed by atoms with E-state index >= 15 is 0 Å². The number of methoxy groups -OCH3 is 2. The van der Waals surface area contributed by atoms with E-state index in [4.69, 9.17) is 9.47 Å². The number of nitrogens with one attached hydrogen (secondary N) is 1. The maximum atomic E-state index is 12.7. The first-order valence-electron chi connectivity index (χ1n) is 7.35. The first kappa shape index (κ1) is 17.1. The Morgan fingerprint density at radius 2 is 2.04 bits per heavy atom. The molecule has 0 aliphatic carbocycles. The predicted octanol–water partition coefficient (Wildman–Crippen LogP) is 0.866. The Balaban J connectivity index is 2.46. The zero-order valence-electron chi connectivity index (χ0n) is 13.5. The van der Waals surface area contributed by atoms with Gasteiger partial charge < -0.3 is 14.8 Å². The molecule has 0 fully saturated rings. The molecule has 0 aliphatic heterocycles. The molecule has 7 nitrogen and oxygen atoms in total. The van der Waals surface area contributed by atoms with Crippen LogP contribution in [-0.2, 0) is 20.8 Å². The summed E-state index contributed by atoms with van der Waals surface area (Å²) in [5.41, 5.74) is 0.462. The molecule has 0 radical (unpaired) electrons. The summed E-state index contributed by atoms with van der Waals surface area (Å²) in [6, 6.07) is 6.73. The molecule has 0 saturated carbocycles. The number of carbonyl (C=O) groups excluding carboxylic acids is 1. The summed E-state index contributed by atoms with van der Waals surface area (Å²) in [4.78, 5) is 29.0. The van der Waals surface area contributed by atoms with Gasteiger partial charge in [-0.25, -0.2) is 4.98 Å². The lowest BCUT2D eigenvalue weighted by Crippen LogP contribution is -2.35. The molecule has 1 aromatic heterocycles. The van der Waals surface area contributed by atoms with Crippen LogP contribution in [0.15, 0.2) is 29.1 Å². The number of amides is 1. The quantitative estimate of drug-likeness (QED) is 0.819. The lowest BCUT2D eigenvalue weighted by molar-refractivity contribution is -0.125. The number of hydrogen-bond donors (Lipinski definition) is 1. The minimum absolute atomic E-state index is 0.0414. The van der Waals surface area contributed by atoms with E-state index in [2.05, 4.69) is 10.3 Å². The summed E-state index contributed by atoms with van der Waals surface area (Å²) in [7, 11) is 3.02. The van der Waals surface area contributed by atoms with E-state index in [1.165, 1.54) is 7.11 Å². The number of hydrogen-bond acceptors (Lipinski definition) is 5. The van der Waals surface area contributed by atoms with Gasteiger partial charge in [-0.1, -0.05) is 12.1 Å². The molecule has 1 heterocycles. The van der Waals surface area contributed by atoms with E-state index in [0.29, 0.717) is 29.9 Å². The fraction of sp³-hybridized carbons (Fsp3) is 0.438. The van der Waals surface area contributed by atoms with Crippen LogP contribution in [0.3, 0.4) is 0 Å². The van der Waals surface area contributed by atoms with Crippen LogP contribution in [0.4, 0.5) is 0 Å². The molecule has 1 amide bonds. The number of aromatic nitrogens is 2. The summed E-state index contributed by atoms with van der Waals surface area (Å²) < 4.78 is 11.4. The van der Waals surface area contributed by atoms with Gasteiger partial charge in [-0.2, -0.15) is 0 Å². The van der Waals surface area contributed by atoms with E-state index in [0.717, 1.165) is 0 Å². The number of nitrogens with zero attached hydrogens (tertiary/aromatic N) is 2. The highest BCUT2D eigenvalue weighted by atomic mass is 16.5. The summed E-state index contributed by atoms with van der Waals surface area (Å²) in [5.74, 6) is 0.232. The van der Waals surface area contributed by atoms with Gasteiger partial charge >= 0.3 is 0 Å². The molecule has 0 aliphatic rings. The van der Waals surface area contributed by atoms with Gasteiger partial charge in [0.2, 0.25) is 5.91 Å². The highest BCUT2D eigenvalue weighted by Crippen LogP contribution is 2.13. The summed E-state index contributed by atoms with van der Waals surface area (Å²) in [6.45, 7) is 2.49. The van der Waals surface area contributed by atoms with Crippen molar-refractivity contribution >= 4 is 16.8 Å². The van der Waals surface area contributed by atoms with Gasteiger partial charge in [-0.05, 0) is 19.1 Å². The Hall–Kier alpha value is -2.25. The van der Waals surface area contributed by atoms with Gasteiger partial charge in [0.05, 0.1) is 30.1 Å². The Kier molecular flexibility index (Phi) is 5.84. The van der Waals surface area contributed by atoms with Crippen molar-refractivity contribution < 1.29 is 14.3 Å². The van der Waals surface area contributed by atoms with Crippen LogP contribution >= 0.6 is 0 Å². The number of carbonyl (C=O) groups is 1. The fourth-order valence-electron chi connectivity index (χ4n) is 2.39. The zero-order valence-corrected chi connectivity index (χ0v) is 13.5. The van der Waals surface area contributed by atoms with Crippen molar-refractivity contribution in [1.82, 2.24) is 14.9 Å². The molecule has 1 aromatic carbocycles. The average molecular weight is 319 g/mol. The standard InChI is InChI=1S/C16H21N3O4/c1-11(17-14(20)10-23-3)15-18-13-7-5-4-6-12(13)16(21)19(15)8-9-22-2/h4-7,11H,8-10H2,1-3H3,(H,17,20). The van der Waals surface area contributed by atoms with Crippen molar-refractivity contribution in [1.29, 1.82) is 0 Å². The van der Waals surface area contributed by atoms with E-state index in [-0.39, 0.29) is 18.1 Å². The first-order valence-corrected chi connectivity index (χ1v) is 7.35. The van der Waals surface area contributed by atoms with E-state index < -0.39 is 6.04 Å². The molecular weight excluding hydrogens is 298 g/mol. The Bertz CT molecular complexity index is 742. The molecule has 1 unspecified atom stereocenters. The molecule has 23 heavy (non-hydrogen) atoms. The SMILES string of the molecule is COCCn1c(C(C)NC(=O)COC)nc2ccccc2c1=O. The lowest BCUT2D eigenvalue weighted by atomic mass is 10.2. The second kappa shape index (κ2) is 7.85. The molecule has 2 rings (SSSR count). The Morgan fingerprint density at radius 3 is 2.74 bits per heavy atom. The average Bonchev–Trinajstić information content (AvgIpc) is 2.54. The van der Waals surface area contributed by atoms with Gasteiger partial charge in [-0.15, -0.1) is 0 Å². The van der Waals surface area contributed by atoms with Gasteiger partial charge in [-0.3, -0.25) is 14.2 Å². The van der Waals surface area contributed by atoms with Crippen LogP contribution < -0.4 is 10.9 Å². The molecule has 0 saturated heterocycles. The number of fused-ring (bicyclic) bond motifs is 1.